The van der Waals surface area contributed by atoms with Gasteiger partial charge in [-0.15, -0.1) is 0 Å². The van der Waals surface area contributed by atoms with Crippen LogP contribution in [-0.2, 0) is 13.2 Å². The van der Waals surface area contributed by atoms with Crippen LogP contribution in [0.15, 0.2) is 30.7 Å². The number of hydrogen-bond donors (Lipinski definition) is 0. The molecule has 118 valence electrons. The fourth-order valence-corrected chi connectivity index (χ4v) is 2.34. The van der Waals surface area contributed by atoms with Gasteiger partial charge in [0.1, 0.15) is 11.3 Å². The molecule has 23 heavy (non-hydrogen) atoms. The first-order chi connectivity index (χ1) is 10.8. The molecule has 0 fully saturated rings. The van der Waals surface area contributed by atoms with Gasteiger partial charge in [0.25, 0.3) is 0 Å². The Morgan fingerprint density at radius 1 is 1.26 bits per heavy atom. The summed E-state index contributed by atoms with van der Waals surface area (Å²) >= 11 is 0. The third kappa shape index (κ3) is 2.56. The highest BCUT2D eigenvalue weighted by Crippen LogP contribution is 2.32. The van der Waals surface area contributed by atoms with Crippen LogP contribution in [0.2, 0.25) is 0 Å². The van der Waals surface area contributed by atoms with Gasteiger partial charge in [-0.1, -0.05) is 0 Å². The first kappa shape index (κ1) is 15.1. The van der Waals surface area contributed by atoms with Gasteiger partial charge >= 0.3 is 6.18 Å². The van der Waals surface area contributed by atoms with Gasteiger partial charge in [-0.2, -0.15) is 13.2 Å². The van der Waals surface area contributed by atoms with Crippen molar-refractivity contribution in [2.45, 2.75) is 13.1 Å². The van der Waals surface area contributed by atoms with Gasteiger partial charge in [-0.05, 0) is 19.1 Å². The van der Waals surface area contributed by atoms with Crippen molar-refractivity contribution in [1.29, 1.82) is 0 Å². The molecule has 5 nitrogen and oxygen atoms in total. The van der Waals surface area contributed by atoms with Gasteiger partial charge in [0.05, 0.1) is 5.56 Å². The maximum Gasteiger partial charge on any atom is 0.417 e. The summed E-state index contributed by atoms with van der Waals surface area (Å²) < 4.78 is 39.9. The number of pyridine rings is 2. The highest BCUT2D eigenvalue weighted by atomic mass is 19.4. The first-order valence-corrected chi connectivity index (χ1v) is 6.64. The molecule has 3 heterocycles. The summed E-state index contributed by atoms with van der Waals surface area (Å²) in [5, 5.41) is 0. The molecule has 0 spiro atoms. The molecule has 0 aliphatic rings. The molecule has 0 atom stereocenters. The second-order valence-electron chi connectivity index (χ2n) is 5.04. The molecule has 8 heteroatoms. The second-order valence-corrected chi connectivity index (χ2v) is 5.04. The van der Waals surface area contributed by atoms with E-state index >= 15 is 0 Å². The highest BCUT2D eigenvalue weighted by Gasteiger charge is 2.31. The van der Waals surface area contributed by atoms with Crippen molar-refractivity contribution in [3.05, 3.63) is 41.9 Å². The van der Waals surface area contributed by atoms with E-state index in [1.54, 1.807) is 17.7 Å². The Balaban J connectivity index is 2.24. The number of alkyl halides is 3. The number of rotatable bonds is 2. The number of ketones is 1. The monoisotopic (exact) mass is 320 g/mol. The number of carbonyl (C=O) groups is 1. The zero-order chi connectivity index (χ0) is 16.8. The quantitative estimate of drug-likeness (QED) is 0.680. The molecule has 0 saturated carbocycles. The topological polar surface area (TPSA) is 60.7 Å². The van der Waals surface area contributed by atoms with E-state index in [0.29, 0.717) is 22.6 Å². The first-order valence-electron chi connectivity index (χ1n) is 6.64. The largest absolute Gasteiger partial charge is 0.417 e. The average Bonchev–Trinajstić information content (AvgIpc) is 2.83. The van der Waals surface area contributed by atoms with Crippen LogP contribution in [-0.4, -0.2) is 25.3 Å². The van der Waals surface area contributed by atoms with Crippen LogP contribution in [0.4, 0.5) is 13.2 Å². The summed E-state index contributed by atoms with van der Waals surface area (Å²) in [5.41, 5.74) is 0.405. The SMILES string of the molecule is CC(=O)c1cnccc1-c1nc2cc(C(F)(F)F)cnc2n1C. The summed E-state index contributed by atoms with van der Waals surface area (Å²) in [6.07, 6.45) is -0.812. The fraction of sp³-hybridized carbons (Fsp3) is 0.200. The smallest absolute Gasteiger partial charge is 0.312 e. The molecule has 3 rings (SSSR count). The number of Topliss-reactive ketones (excluding diaryl/α,β-unsaturated/α-hetero) is 1. The van der Waals surface area contributed by atoms with Gasteiger partial charge < -0.3 is 4.57 Å². The normalized spacial score (nSPS) is 11.9. The second kappa shape index (κ2) is 5.15. The molecule has 0 aliphatic carbocycles. The Morgan fingerprint density at radius 3 is 2.65 bits per heavy atom. The molecule has 0 bridgehead atoms. The zero-order valence-electron chi connectivity index (χ0n) is 12.2. The number of aryl methyl sites for hydroxylation is 1. The Labute approximate surface area is 128 Å². The number of fused-ring (bicyclic) bond motifs is 1. The van der Waals surface area contributed by atoms with Crippen molar-refractivity contribution in [3.8, 4) is 11.4 Å². The minimum absolute atomic E-state index is 0.114. The van der Waals surface area contributed by atoms with E-state index in [1.165, 1.54) is 19.3 Å². The lowest BCUT2D eigenvalue weighted by molar-refractivity contribution is -0.137. The summed E-state index contributed by atoms with van der Waals surface area (Å²) in [6.45, 7) is 1.39. The summed E-state index contributed by atoms with van der Waals surface area (Å²) in [5.74, 6) is 0.156. The van der Waals surface area contributed by atoms with Crippen molar-refractivity contribution < 1.29 is 18.0 Å². The van der Waals surface area contributed by atoms with E-state index in [4.69, 9.17) is 0 Å². The van der Waals surface area contributed by atoms with Crippen LogP contribution in [0, 0.1) is 0 Å². The van der Waals surface area contributed by atoms with Crippen molar-refractivity contribution in [2.24, 2.45) is 7.05 Å². The van der Waals surface area contributed by atoms with Gasteiger partial charge in [0, 0.05) is 36.8 Å². The lowest BCUT2D eigenvalue weighted by atomic mass is 10.1. The van der Waals surface area contributed by atoms with E-state index in [2.05, 4.69) is 15.0 Å². The van der Waals surface area contributed by atoms with Gasteiger partial charge in [0.2, 0.25) is 0 Å². The minimum atomic E-state index is -4.49. The van der Waals surface area contributed by atoms with Crippen molar-refractivity contribution in [2.75, 3.05) is 0 Å². The minimum Gasteiger partial charge on any atom is -0.312 e. The average molecular weight is 320 g/mol. The molecule has 0 amide bonds. The predicted molar refractivity (Wildman–Crippen MR) is 76.7 cm³/mol. The third-order valence-electron chi connectivity index (χ3n) is 3.48. The van der Waals surface area contributed by atoms with Crippen LogP contribution >= 0.6 is 0 Å². The molecule has 0 unspecified atom stereocenters. The Hall–Kier alpha value is -2.77. The van der Waals surface area contributed by atoms with E-state index < -0.39 is 11.7 Å². The standard InChI is InChI=1S/C15H11F3N4O/c1-8(23)11-7-19-4-3-10(11)13-21-12-5-9(15(16,17)18)6-20-14(12)22(13)2/h3-7H,1-2H3. The van der Waals surface area contributed by atoms with Crippen molar-refractivity contribution in [3.63, 3.8) is 0 Å². The van der Waals surface area contributed by atoms with Gasteiger partial charge in [-0.3, -0.25) is 9.78 Å². The molecule has 3 aromatic heterocycles. The summed E-state index contributed by atoms with van der Waals surface area (Å²) in [7, 11) is 1.63. The Bertz CT molecular complexity index is 915. The molecular weight excluding hydrogens is 309 g/mol. The summed E-state index contributed by atoms with van der Waals surface area (Å²) in [4.78, 5) is 23.7. The molecule has 0 saturated heterocycles. The zero-order valence-corrected chi connectivity index (χ0v) is 12.2. The Kier molecular flexibility index (Phi) is 3.39. The number of aromatic nitrogens is 4. The maximum atomic E-state index is 12.8. The lowest BCUT2D eigenvalue weighted by Gasteiger charge is -2.06. The molecule has 0 N–H and O–H groups in total. The van der Waals surface area contributed by atoms with Crippen LogP contribution < -0.4 is 0 Å². The summed E-state index contributed by atoms with van der Waals surface area (Å²) in [6, 6.07) is 2.54. The number of halogens is 3. The Morgan fingerprint density at radius 2 is 2.00 bits per heavy atom. The van der Waals surface area contributed by atoms with Gasteiger partial charge in [0.15, 0.2) is 11.4 Å². The highest BCUT2D eigenvalue weighted by molar-refractivity contribution is 6.00. The molecule has 0 aliphatic heterocycles. The van der Waals surface area contributed by atoms with Crippen molar-refractivity contribution >= 4 is 16.9 Å². The number of nitrogens with zero attached hydrogens (tertiary/aromatic N) is 4. The fourth-order valence-electron chi connectivity index (χ4n) is 2.34. The van der Waals surface area contributed by atoms with Crippen LogP contribution in [0.1, 0.15) is 22.8 Å². The number of carbonyl (C=O) groups excluding carboxylic acids is 1. The van der Waals surface area contributed by atoms with E-state index in [1.807, 2.05) is 0 Å². The molecule has 0 radical (unpaired) electrons. The molecule has 0 aromatic carbocycles. The number of hydrogen-bond acceptors (Lipinski definition) is 4. The predicted octanol–water partition coefficient (Wildman–Crippen LogP) is 3.25. The van der Waals surface area contributed by atoms with Crippen molar-refractivity contribution in [1.82, 2.24) is 19.5 Å². The van der Waals surface area contributed by atoms with Gasteiger partial charge in [-0.25, -0.2) is 9.97 Å². The van der Waals surface area contributed by atoms with E-state index in [0.717, 1.165) is 12.3 Å². The number of imidazole rings is 1. The molecule has 3 aromatic rings. The van der Waals surface area contributed by atoms with Crippen LogP contribution in [0.3, 0.4) is 0 Å². The third-order valence-corrected chi connectivity index (χ3v) is 3.48. The maximum absolute atomic E-state index is 12.8. The van der Waals surface area contributed by atoms with Crippen LogP contribution in [0.5, 0.6) is 0 Å². The van der Waals surface area contributed by atoms with E-state index in [9.17, 15) is 18.0 Å². The van der Waals surface area contributed by atoms with E-state index in [-0.39, 0.29) is 11.3 Å². The van der Waals surface area contributed by atoms with Crippen LogP contribution in [0.25, 0.3) is 22.6 Å². The lowest BCUT2D eigenvalue weighted by Crippen LogP contribution is -2.05. The molecular formula is C15H11F3N4O.